The fraction of sp³-hybridized carbons (Fsp3) is 0.909. The molecule has 0 rings (SSSR count). The van der Waals surface area contributed by atoms with E-state index in [0.717, 1.165) is 34.8 Å². The summed E-state index contributed by atoms with van der Waals surface area (Å²) in [5.41, 5.74) is 0. The van der Waals surface area contributed by atoms with Crippen molar-refractivity contribution in [1.82, 2.24) is 9.80 Å². The maximum Gasteiger partial charge on any atom is 0.147 e. The van der Waals surface area contributed by atoms with Crippen molar-refractivity contribution >= 4 is 76.3 Å². The minimum atomic E-state index is 1.08. The maximum atomic E-state index is 5.68. The second-order valence-corrected chi connectivity index (χ2v) is 13.5. The third kappa shape index (κ3) is 17.7. The molecule has 0 heterocycles. The monoisotopic (exact) mass is 528 g/mol. The first kappa shape index (κ1) is 31.2. The van der Waals surface area contributed by atoms with E-state index in [4.69, 9.17) is 24.4 Å². The summed E-state index contributed by atoms with van der Waals surface area (Å²) in [6.45, 7) is 13.5. The van der Waals surface area contributed by atoms with Crippen molar-refractivity contribution < 1.29 is 0 Å². The van der Waals surface area contributed by atoms with Crippen LogP contribution in [0.4, 0.5) is 0 Å². The zero-order valence-electron chi connectivity index (χ0n) is 19.7. The summed E-state index contributed by atoms with van der Waals surface area (Å²) in [4.78, 5) is 4.83. The highest BCUT2D eigenvalue weighted by Crippen LogP contribution is 2.29. The third-order valence-corrected chi connectivity index (χ3v) is 10.9. The van der Waals surface area contributed by atoms with Crippen molar-refractivity contribution in [1.29, 1.82) is 0 Å². The van der Waals surface area contributed by atoms with Crippen LogP contribution in [0.25, 0.3) is 0 Å². The van der Waals surface area contributed by atoms with Crippen LogP contribution in [0.1, 0.15) is 91.9 Å². The van der Waals surface area contributed by atoms with E-state index in [1.807, 2.05) is 43.2 Å². The quantitative estimate of drug-likeness (QED) is 0.0919. The molecule has 0 aliphatic carbocycles. The Hall–Kier alpha value is 1.18. The minimum Gasteiger partial charge on any atom is -0.357 e. The summed E-state index contributed by atoms with van der Waals surface area (Å²) in [6, 6.07) is 0. The van der Waals surface area contributed by atoms with Gasteiger partial charge in [-0.2, -0.15) is 0 Å². The number of hydrogen-bond donors (Lipinski definition) is 0. The van der Waals surface area contributed by atoms with Gasteiger partial charge < -0.3 is 9.80 Å². The molecule has 178 valence electrons. The molecule has 0 radical (unpaired) electrons. The summed E-state index contributed by atoms with van der Waals surface area (Å²) < 4.78 is 2.16. The summed E-state index contributed by atoms with van der Waals surface area (Å²) in [7, 11) is 7.47. The van der Waals surface area contributed by atoms with Crippen molar-refractivity contribution in [2.75, 3.05) is 37.7 Å². The van der Waals surface area contributed by atoms with E-state index in [2.05, 4.69) is 37.5 Å². The van der Waals surface area contributed by atoms with Crippen molar-refractivity contribution in [3.8, 4) is 0 Å². The Labute approximate surface area is 214 Å². The SMILES string of the molecule is CCCCN(CCCC)C(=S)SSCCCCSSC(=S)N(CCCC)CCCC. The zero-order chi connectivity index (χ0) is 22.5. The average Bonchev–Trinajstić information content (AvgIpc) is 2.75. The molecule has 0 aromatic carbocycles. The molecule has 0 atom stereocenters. The lowest BCUT2D eigenvalue weighted by Crippen LogP contribution is -2.29. The van der Waals surface area contributed by atoms with Gasteiger partial charge in [-0.1, -0.05) is 99.4 Å². The molecule has 0 amide bonds. The predicted octanol–water partition coefficient (Wildman–Crippen LogP) is 8.90. The first-order valence-electron chi connectivity index (χ1n) is 11.8. The number of rotatable bonds is 19. The molecule has 0 aliphatic heterocycles. The lowest BCUT2D eigenvalue weighted by atomic mass is 10.3. The lowest BCUT2D eigenvalue weighted by Gasteiger charge is -2.24. The number of hydrogen-bond acceptors (Lipinski definition) is 6. The van der Waals surface area contributed by atoms with E-state index < -0.39 is 0 Å². The smallest absolute Gasteiger partial charge is 0.147 e. The second kappa shape index (κ2) is 23.3. The van der Waals surface area contributed by atoms with Crippen molar-refractivity contribution in [3.63, 3.8) is 0 Å². The predicted molar refractivity (Wildman–Crippen MR) is 157 cm³/mol. The number of thiocarbonyl (C=S) groups is 2. The van der Waals surface area contributed by atoms with E-state index in [1.54, 1.807) is 0 Å². The van der Waals surface area contributed by atoms with Crippen LogP contribution in [-0.2, 0) is 0 Å². The number of unbranched alkanes of at least 4 members (excludes halogenated alkanes) is 5. The molecular formula is C22H44N2S6. The zero-order valence-corrected chi connectivity index (χ0v) is 24.6. The highest BCUT2D eigenvalue weighted by Gasteiger charge is 2.11. The van der Waals surface area contributed by atoms with Gasteiger partial charge in [-0.3, -0.25) is 0 Å². The van der Waals surface area contributed by atoms with Gasteiger partial charge in [0.2, 0.25) is 0 Å². The van der Waals surface area contributed by atoms with Gasteiger partial charge in [0.1, 0.15) is 8.64 Å². The Kier molecular flexibility index (Phi) is 24.3. The molecule has 0 unspecified atom stereocenters. The fourth-order valence-electron chi connectivity index (χ4n) is 2.60. The first-order valence-corrected chi connectivity index (χ1v) is 17.2. The molecular weight excluding hydrogens is 485 g/mol. The summed E-state index contributed by atoms with van der Waals surface area (Å²) in [6.07, 6.45) is 12.4. The van der Waals surface area contributed by atoms with E-state index in [-0.39, 0.29) is 0 Å². The molecule has 0 aromatic heterocycles. The van der Waals surface area contributed by atoms with Crippen molar-refractivity contribution in [3.05, 3.63) is 0 Å². The average molecular weight is 529 g/mol. The molecule has 0 saturated heterocycles. The van der Waals surface area contributed by atoms with Crippen LogP contribution in [0, 0.1) is 0 Å². The van der Waals surface area contributed by atoms with Crippen molar-refractivity contribution in [2.45, 2.75) is 91.9 Å². The molecule has 0 spiro atoms. The third-order valence-electron chi connectivity index (χ3n) is 4.61. The fourth-order valence-corrected chi connectivity index (χ4v) is 7.86. The highest BCUT2D eigenvalue weighted by molar-refractivity contribution is 8.84. The molecule has 0 fully saturated rings. The van der Waals surface area contributed by atoms with Crippen LogP contribution in [-0.4, -0.2) is 56.1 Å². The normalized spacial score (nSPS) is 10.9. The first-order chi connectivity index (χ1) is 14.6. The van der Waals surface area contributed by atoms with E-state index in [1.165, 1.54) is 75.7 Å². The Morgan fingerprint density at radius 1 is 0.533 bits per heavy atom. The molecule has 0 aliphatic rings. The van der Waals surface area contributed by atoms with Crippen LogP contribution in [0.15, 0.2) is 0 Å². The van der Waals surface area contributed by atoms with Crippen LogP contribution in [0.5, 0.6) is 0 Å². The van der Waals surface area contributed by atoms with Crippen LogP contribution in [0.2, 0.25) is 0 Å². The van der Waals surface area contributed by atoms with Gasteiger partial charge in [-0.05, 0) is 60.1 Å². The lowest BCUT2D eigenvalue weighted by molar-refractivity contribution is 0.411. The van der Waals surface area contributed by atoms with Gasteiger partial charge in [0.25, 0.3) is 0 Å². The minimum absolute atomic E-state index is 1.08. The van der Waals surface area contributed by atoms with Gasteiger partial charge in [0.05, 0.1) is 0 Å². The van der Waals surface area contributed by atoms with Gasteiger partial charge in [0.15, 0.2) is 0 Å². The van der Waals surface area contributed by atoms with Gasteiger partial charge in [-0.15, -0.1) is 0 Å². The van der Waals surface area contributed by atoms with Crippen LogP contribution < -0.4 is 0 Å². The Morgan fingerprint density at radius 2 is 0.833 bits per heavy atom. The van der Waals surface area contributed by atoms with E-state index in [9.17, 15) is 0 Å². The van der Waals surface area contributed by atoms with Crippen LogP contribution >= 0.6 is 67.6 Å². The molecule has 30 heavy (non-hydrogen) atoms. The van der Waals surface area contributed by atoms with Crippen molar-refractivity contribution in [2.24, 2.45) is 0 Å². The summed E-state index contributed by atoms with van der Waals surface area (Å²) in [5, 5.41) is 0. The molecule has 0 bridgehead atoms. The molecule has 2 nitrogen and oxygen atoms in total. The summed E-state index contributed by atoms with van der Waals surface area (Å²) >= 11 is 11.4. The van der Waals surface area contributed by atoms with E-state index in [0.29, 0.717) is 0 Å². The standard InChI is InChI=1S/C22H44N2S6/c1-5-9-15-23(16-10-6-2)21(25)29-27-19-13-14-20-28-30-22(26)24(17-11-7-3)18-12-8-4/h5-20H2,1-4H3. The highest BCUT2D eigenvalue weighted by atomic mass is 33.1. The maximum absolute atomic E-state index is 5.68. The Morgan fingerprint density at radius 3 is 1.10 bits per heavy atom. The van der Waals surface area contributed by atoms with E-state index >= 15 is 0 Å². The van der Waals surface area contributed by atoms with Gasteiger partial charge >= 0.3 is 0 Å². The molecule has 0 N–H and O–H groups in total. The molecule has 0 saturated carbocycles. The Balaban J connectivity index is 3.88. The Bertz CT molecular complexity index is 368. The largest absolute Gasteiger partial charge is 0.357 e. The number of nitrogens with zero attached hydrogens (tertiary/aromatic N) is 2. The topological polar surface area (TPSA) is 6.48 Å². The van der Waals surface area contributed by atoms with Gasteiger partial charge in [-0.25, -0.2) is 0 Å². The van der Waals surface area contributed by atoms with Gasteiger partial charge in [0, 0.05) is 37.7 Å². The van der Waals surface area contributed by atoms with Crippen LogP contribution in [0.3, 0.4) is 0 Å². The molecule has 0 aromatic rings. The second-order valence-electron chi connectivity index (χ2n) is 7.44. The molecule has 8 heteroatoms. The summed E-state index contributed by atoms with van der Waals surface area (Å²) in [5.74, 6) is 2.35.